The van der Waals surface area contributed by atoms with Gasteiger partial charge in [0.2, 0.25) is 0 Å². The van der Waals surface area contributed by atoms with Crippen LogP contribution in [0, 0.1) is 11.8 Å². The highest BCUT2D eigenvalue weighted by atomic mass is 16.6. The monoisotopic (exact) mass is 338 g/mol. The number of cyclic esters (lactones) is 2. The number of ether oxygens (including phenoxy) is 2. The van der Waals surface area contributed by atoms with Crippen molar-refractivity contribution in [2.45, 2.75) is 12.2 Å². The maximum atomic E-state index is 11.1. The molecule has 0 aromatic heterocycles. The molecule has 10 nitrogen and oxygen atoms in total. The molecule has 2 saturated heterocycles. The van der Waals surface area contributed by atoms with Gasteiger partial charge in [-0.1, -0.05) is 12.2 Å². The van der Waals surface area contributed by atoms with Gasteiger partial charge < -0.3 is 26.7 Å². The minimum Gasteiger partial charge on any atom is -0.393 e. The Kier molecular flexibility index (Phi) is 5.57. The lowest BCUT2D eigenvalue weighted by molar-refractivity contribution is -0.156. The maximum absolute atomic E-state index is 11.1. The summed E-state index contributed by atoms with van der Waals surface area (Å²) in [7, 11) is 0. The van der Waals surface area contributed by atoms with Crippen LogP contribution in [-0.4, -0.2) is 54.2 Å². The van der Waals surface area contributed by atoms with Gasteiger partial charge in [-0.3, -0.25) is 24.1 Å². The number of carbonyl (C=O) groups excluding carboxylic acids is 4. The molecule has 10 heteroatoms. The Labute approximate surface area is 137 Å². The number of nitrogens with two attached hydrogens (primary N) is 3. The van der Waals surface area contributed by atoms with Crippen molar-refractivity contribution < 1.29 is 28.7 Å². The van der Waals surface area contributed by atoms with Gasteiger partial charge in [-0.25, -0.2) is 0 Å². The number of rotatable bonds is 1. The summed E-state index contributed by atoms with van der Waals surface area (Å²) in [4.78, 5) is 44.3. The highest BCUT2D eigenvalue weighted by molar-refractivity contribution is 6.12. The average molecular weight is 338 g/mol. The van der Waals surface area contributed by atoms with Crippen LogP contribution >= 0.6 is 0 Å². The van der Waals surface area contributed by atoms with E-state index in [-0.39, 0.29) is 49.2 Å². The predicted molar refractivity (Wildman–Crippen MR) is 79.2 cm³/mol. The highest BCUT2D eigenvalue weighted by Crippen LogP contribution is 2.43. The first-order valence-electron chi connectivity index (χ1n) is 7.17. The molecule has 4 heterocycles. The Balaban J connectivity index is 0.000000155. The van der Waals surface area contributed by atoms with E-state index in [9.17, 15) is 19.2 Å². The molecule has 6 N–H and O–H groups in total. The second-order valence-electron chi connectivity index (χ2n) is 5.10. The molecule has 4 rings (SSSR count). The van der Waals surface area contributed by atoms with E-state index in [0.717, 1.165) is 4.90 Å². The Bertz CT molecular complexity index is 570. The molecule has 0 spiro atoms. The van der Waals surface area contributed by atoms with E-state index in [0.29, 0.717) is 0 Å². The van der Waals surface area contributed by atoms with Crippen LogP contribution < -0.4 is 17.2 Å². The van der Waals surface area contributed by atoms with Gasteiger partial charge in [0.25, 0.3) is 11.8 Å². The van der Waals surface area contributed by atoms with Gasteiger partial charge in [-0.2, -0.15) is 0 Å². The number of amides is 2. The molecule has 4 atom stereocenters. The first-order valence-corrected chi connectivity index (χ1v) is 7.17. The molecule has 2 bridgehead atoms. The molecule has 0 saturated carbocycles. The summed E-state index contributed by atoms with van der Waals surface area (Å²) in [5.41, 5.74) is 14.3. The van der Waals surface area contributed by atoms with E-state index in [1.54, 1.807) is 0 Å². The molecule has 0 aromatic rings. The number of imide groups is 1. The summed E-state index contributed by atoms with van der Waals surface area (Å²) in [6.45, 7) is 0.213. The molecule has 24 heavy (non-hydrogen) atoms. The highest BCUT2D eigenvalue weighted by Gasteiger charge is 2.59. The molecule has 2 fully saturated rings. The summed E-state index contributed by atoms with van der Waals surface area (Å²) in [5.74, 6) is -2.26. The molecule has 4 aliphatic heterocycles. The summed E-state index contributed by atoms with van der Waals surface area (Å²) >= 11 is 0. The van der Waals surface area contributed by atoms with Crippen molar-refractivity contribution in [1.82, 2.24) is 4.90 Å². The van der Waals surface area contributed by atoms with Crippen molar-refractivity contribution in [3.63, 3.8) is 0 Å². The number of carbonyl (C=O) groups is 4. The zero-order valence-electron chi connectivity index (χ0n) is 12.7. The average Bonchev–Trinajstić information content (AvgIpc) is 3.27. The smallest absolute Gasteiger partial charge is 0.320 e. The SMILES string of the molecule is NCN.NCN1C(=O)C=CC1=O.O=C1OC(=O)C2C3C=CC(O3)C12. The first kappa shape index (κ1) is 17.9. The zero-order valence-corrected chi connectivity index (χ0v) is 12.7. The maximum Gasteiger partial charge on any atom is 0.320 e. The fourth-order valence-electron chi connectivity index (χ4n) is 2.72. The van der Waals surface area contributed by atoms with E-state index in [1.807, 2.05) is 12.2 Å². The standard InChI is InChI=1S/C8H6O4.C5H6N2O2.CH6N2/c9-7-5-3-1-2-4(11-3)6(5)8(10)12-7;6-3-7-4(8)1-2-5(7)9;2-1-3/h1-6H;1-2H,3,6H2;1-3H2. The van der Waals surface area contributed by atoms with Crippen LogP contribution in [0.4, 0.5) is 0 Å². The molecular weight excluding hydrogens is 320 g/mol. The number of esters is 2. The van der Waals surface area contributed by atoms with Crippen LogP contribution in [0.5, 0.6) is 0 Å². The molecule has 0 radical (unpaired) electrons. The van der Waals surface area contributed by atoms with Crippen LogP contribution in [0.2, 0.25) is 0 Å². The summed E-state index contributed by atoms with van der Waals surface area (Å²) < 4.78 is 9.86. The number of hydrogen-bond donors (Lipinski definition) is 3. The second-order valence-corrected chi connectivity index (χ2v) is 5.10. The lowest BCUT2D eigenvalue weighted by atomic mass is 9.85. The van der Waals surface area contributed by atoms with Crippen LogP contribution in [0.3, 0.4) is 0 Å². The summed E-state index contributed by atoms with van der Waals surface area (Å²) in [6.07, 6.45) is 5.61. The van der Waals surface area contributed by atoms with E-state index in [2.05, 4.69) is 16.2 Å². The van der Waals surface area contributed by atoms with Crippen molar-refractivity contribution in [3.8, 4) is 0 Å². The van der Waals surface area contributed by atoms with Crippen molar-refractivity contribution in [3.05, 3.63) is 24.3 Å². The second kappa shape index (κ2) is 7.45. The largest absolute Gasteiger partial charge is 0.393 e. The van der Waals surface area contributed by atoms with Gasteiger partial charge in [0.05, 0.1) is 18.9 Å². The third-order valence-electron chi connectivity index (χ3n) is 3.73. The summed E-state index contributed by atoms with van der Waals surface area (Å²) in [5, 5.41) is 0. The van der Waals surface area contributed by atoms with Gasteiger partial charge >= 0.3 is 11.9 Å². The Morgan fingerprint density at radius 3 is 1.62 bits per heavy atom. The van der Waals surface area contributed by atoms with Gasteiger partial charge in [-0.05, 0) is 0 Å². The quantitative estimate of drug-likeness (QED) is 0.152. The van der Waals surface area contributed by atoms with Crippen LogP contribution in [-0.2, 0) is 28.7 Å². The van der Waals surface area contributed by atoms with Gasteiger partial charge in [0, 0.05) is 18.8 Å². The van der Waals surface area contributed by atoms with Crippen molar-refractivity contribution in [2.75, 3.05) is 13.3 Å². The minimum atomic E-state index is -0.429. The topological polar surface area (TPSA) is 168 Å². The normalized spacial score (nSPS) is 31.5. The van der Waals surface area contributed by atoms with Crippen LogP contribution in [0.1, 0.15) is 0 Å². The lowest BCUT2D eigenvalue weighted by Crippen LogP contribution is -2.35. The molecule has 2 amide bonds. The van der Waals surface area contributed by atoms with Gasteiger partial charge in [0.15, 0.2) is 0 Å². The fraction of sp³-hybridized carbons (Fsp3) is 0.429. The van der Waals surface area contributed by atoms with Crippen molar-refractivity contribution >= 4 is 23.8 Å². The predicted octanol–water partition coefficient (Wildman–Crippen LogP) is -2.67. The number of nitrogens with zero attached hydrogens (tertiary/aromatic N) is 1. The third kappa shape index (κ3) is 3.26. The summed E-state index contributed by atoms with van der Waals surface area (Å²) in [6, 6.07) is 0. The lowest BCUT2D eigenvalue weighted by Gasteiger charge is -2.08. The van der Waals surface area contributed by atoms with Crippen LogP contribution in [0.15, 0.2) is 24.3 Å². The number of fused-ring (bicyclic) bond motifs is 5. The molecular formula is C14H18N4O6. The number of hydrogen-bond acceptors (Lipinski definition) is 9. The van der Waals surface area contributed by atoms with E-state index in [4.69, 9.17) is 10.5 Å². The van der Waals surface area contributed by atoms with Gasteiger partial charge in [0.1, 0.15) is 11.8 Å². The molecule has 0 aromatic carbocycles. The minimum absolute atomic E-state index is 0.0370. The van der Waals surface area contributed by atoms with Crippen LogP contribution in [0.25, 0.3) is 0 Å². The van der Waals surface area contributed by atoms with Crippen molar-refractivity contribution in [1.29, 1.82) is 0 Å². The molecule has 4 unspecified atom stereocenters. The molecule has 4 aliphatic rings. The van der Waals surface area contributed by atoms with E-state index in [1.165, 1.54) is 12.2 Å². The van der Waals surface area contributed by atoms with Gasteiger partial charge in [-0.15, -0.1) is 0 Å². The molecule has 0 aliphatic carbocycles. The van der Waals surface area contributed by atoms with E-state index < -0.39 is 11.9 Å². The Morgan fingerprint density at radius 1 is 0.875 bits per heavy atom. The first-order chi connectivity index (χ1) is 11.4. The zero-order chi connectivity index (χ0) is 17.9. The van der Waals surface area contributed by atoms with Crippen molar-refractivity contribution in [2.24, 2.45) is 29.0 Å². The third-order valence-corrected chi connectivity index (χ3v) is 3.73. The Morgan fingerprint density at radius 2 is 1.29 bits per heavy atom. The molecule has 130 valence electrons. The fourth-order valence-corrected chi connectivity index (χ4v) is 2.72. The Hall–Kier alpha value is -2.40. The van der Waals surface area contributed by atoms with E-state index >= 15 is 0 Å².